The fraction of sp³-hybridized carbons (Fsp3) is 0.727. The Hall–Kier alpha value is -1.51. The van der Waals surface area contributed by atoms with Crippen LogP contribution in [0, 0.1) is 29.1 Å². The third-order valence-electron chi connectivity index (χ3n) is 7.50. The molecule has 1 heterocycles. The van der Waals surface area contributed by atoms with Gasteiger partial charge in [0.2, 0.25) is 15.9 Å². The number of amides is 1. The lowest BCUT2D eigenvalue weighted by molar-refractivity contribution is -0.141. The number of aliphatic hydroxyl groups is 1. The van der Waals surface area contributed by atoms with Crippen LogP contribution in [0.1, 0.15) is 52.0 Å². The first kappa shape index (κ1) is 23.2. The van der Waals surface area contributed by atoms with Gasteiger partial charge in [-0.3, -0.25) is 9.78 Å². The second kappa shape index (κ2) is 8.93. The molecular weight excluding hydrogens is 402 g/mol. The summed E-state index contributed by atoms with van der Waals surface area (Å²) in [5.41, 5.74) is 0.905. The molecule has 0 aromatic carbocycles. The van der Waals surface area contributed by atoms with E-state index in [2.05, 4.69) is 21.9 Å². The highest BCUT2D eigenvalue weighted by molar-refractivity contribution is 7.88. The summed E-state index contributed by atoms with van der Waals surface area (Å²) in [5, 5.41) is 14.3. The van der Waals surface area contributed by atoms with Crippen LogP contribution >= 0.6 is 0 Å². The van der Waals surface area contributed by atoms with Gasteiger partial charge in [-0.1, -0.05) is 26.8 Å². The molecule has 0 unspecified atom stereocenters. The predicted octanol–water partition coefficient (Wildman–Crippen LogP) is 2.07. The van der Waals surface area contributed by atoms with Crippen molar-refractivity contribution in [3.05, 3.63) is 30.1 Å². The Morgan fingerprint density at radius 3 is 2.70 bits per heavy atom. The monoisotopic (exact) mass is 437 g/mol. The fourth-order valence-electron chi connectivity index (χ4n) is 5.78. The van der Waals surface area contributed by atoms with Crippen molar-refractivity contribution in [1.82, 2.24) is 15.0 Å². The van der Waals surface area contributed by atoms with Gasteiger partial charge < -0.3 is 10.4 Å². The first-order chi connectivity index (χ1) is 14.0. The second-order valence-electron chi connectivity index (χ2n) is 9.63. The third kappa shape index (κ3) is 5.03. The van der Waals surface area contributed by atoms with E-state index in [1.165, 1.54) is 6.26 Å². The van der Waals surface area contributed by atoms with E-state index in [1.807, 2.05) is 26.0 Å². The van der Waals surface area contributed by atoms with E-state index >= 15 is 0 Å². The maximum Gasteiger partial charge on any atom is 0.223 e. The summed E-state index contributed by atoms with van der Waals surface area (Å²) in [6.45, 7) is 6.54. The van der Waals surface area contributed by atoms with Crippen LogP contribution in [-0.4, -0.2) is 42.8 Å². The van der Waals surface area contributed by atoms with Gasteiger partial charge in [0.15, 0.2) is 0 Å². The van der Waals surface area contributed by atoms with Crippen molar-refractivity contribution in [2.45, 2.75) is 65.1 Å². The molecule has 1 aromatic rings. The van der Waals surface area contributed by atoms with E-state index in [1.54, 1.807) is 12.4 Å². The van der Waals surface area contributed by atoms with Crippen molar-refractivity contribution in [1.29, 1.82) is 0 Å². The Kier molecular flexibility index (Phi) is 6.89. The number of hydrogen-bond donors (Lipinski definition) is 3. The van der Waals surface area contributed by atoms with Gasteiger partial charge in [-0.25, -0.2) is 13.1 Å². The lowest BCUT2D eigenvalue weighted by Gasteiger charge is -2.56. The van der Waals surface area contributed by atoms with Crippen LogP contribution in [0.5, 0.6) is 0 Å². The van der Waals surface area contributed by atoms with Gasteiger partial charge in [-0.2, -0.15) is 0 Å². The van der Waals surface area contributed by atoms with Crippen molar-refractivity contribution >= 4 is 15.9 Å². The molecule has 168 valence electrons. The second-order valence-corrected chi connectivity index (χ2v) is 11.4. The summed E-state index contributed by atoms with van der Waals surface area (Å²) >= 11 is 0. The van der Waals surface area contributed by atoms with Crippen molar-refractivity contribution in [2.24, 2.45) is 29.1 Å². The molecule has 0 spiro atoms. The molecule has 30 heavy (non-hydrogen) atoms. The number of nitrogens with zero attached hydrogens (tertiary/aromatic N) is 1. The molecule has 7 nitrogen and oxygen atoms in total. The highest BCUT2D eigenvalue weighted by Crippen LogP contribution is 2.55. The Morgan fingerprint density at radius 2 is 2.07 bits per heavy atom. The fourth-order valence-corrected chi connectivity index (χ4v) is 6.66. The molecule has 1 amide bonds. The molecule has 1 aromatic heterocycles. The Morgan fingerprint density at radius 1 is 1.37 bits per heavy atom. The number of carbonyl (C=O) groups is 1. The number of carbonyl (C=O) groups excluding carboxylic acids is 1. The van der Waals surface area contributed by atoms with Crippen LogP contribution in [0.3, 0.4) is 0 Å². The number of rotatable bonds is 6. The standard InChI is InChI=1S/C22H35N3O4S/c1-14(21(27)24-13-16-6-5-11-23-12-16)17-7-9-22(3)10-8-18(25-30(4,28)29)15(2)19(22)20(17)26/h5-6,11-12,14-15,17-20,25-26H,7-10,13H2,1-4H3,(H,24,27)/t14-,15-,17+,18-,19+,20-,22+/m0/s1. The lowest BCUT2D eigenvalue weighted by Crippen LogP contribution is -2.58. The average Bonchev–Trinajstić information content (AvgIpc) is 2.68. The molecule has 2 saturated carbocycles. The summed E-state index contributed by atoms with van der Waals surface area (Å²) in [6, 6.07) is 3.57. The average molecular weight is 438 g/mol. The molecular formula is C22H35N3O4S. The molecule has 2 aliphatic carbocycles. The van der Waals surface area contributed by atoms with Gasteiger partial charge in [0, 0.05) is 30.9 Å². The number of nitrogens with one attached hydrogen (secondary N) is 2. The normalized spacial score (nSPS) is 35.3. The molecule has 0 aliphatic heterocycles. The molecule has 0 bridgehead atoms. The first-order valence-electron chi connectivity index (χ1n) is 10.8. The third-order valence-corrected chi connectivity index (χ3v) is 8.23. The number of sulfonamides is 1. The molecule has 7 atom stereocenters. The van der Waals surface area contributed by atoms with Crippen LogP contribution in [0.2, 0.25) is 0 Å². The highest BCUT2D eigenvalue weighted by atomic mass is 32.2. The molecule has 0 radical (unpaired) electrons. The largest absolute Gasteiger partial charge is 0.392 e. The summed E-state index contributed by atoms with van der Waals surface area (Å²) in [7, 11) is -3.31. The van der Waals surface area contributed by atoms with E-state index in [0.29, 0.717) is 6.54 Å². The Labute approximate surface area is 180 Å². The molecule has 0 saturated heterocycles. The van der Waals surface area contributed by atoms with Crippen LogP contribution in [0.15, 0.2) is 24.5 Å². The summed E-state index contributed by atoms with van der Waals surface area (Å²) in [5.74, 6) is -0.575. The number of pyridine rings is 1. The zero-order valence-corrected chi connectivity index (χ0v) is 19.2. The van der Waals surface area contributed by atoms with Gasteiger partial charge in [0.05, 0.1) is 12.4 Å². The van der Waals surface area contributed by atoms with Gasteiger partial charge in [-0.15, -0.1) is 0 Å². The SMILES string of the molecule is C[C@@H]1[C@@H]2[C@@H](O)[C@@H]([C@H](C)C(=O)NCc3cccnc3)CC[C@]2(C)CC[C@@H]1NS(C)(=O)=O. The number of fused-ring (bicyclic) bond motifs is 1. The zero-order chi connectivity index (χ0) is 22.1. The summed E-state index contributed by atoms with van der Waals surface area (Å²) in [6.07, 6.45) is 7.36. The maximum atomic E-state index is 12.8. The van der Waals surface area contributed by atoms with E-state index in [9.17, 15) is 18.3 Å². The summed E-state index contributed by atoms with van der Waals surface area (Å²) < 4.78 is 26.3. The summed E-state index contributed by atoms with van der Waals surface area (Å²) in [4.78, 5) is 16.9. The topological polar surface area (TPSA) is 108 Å². The predicted molar refractivity (Wildman–Crippen MR) is 116 cm³/mol. The van der Waals surface area contributed by atoms with Crippen LogP contribution in [-0.2, 0) is 21.4 Å². The number of aliphatic hydroxyl groups excluding tert-OH is 1. The maximum absolute atomic E-state index is 12.8. The minimum Gasteiger partial charge on any atom is -0.392 e. The van der Waals surface area contributed by atoms with E-state index in [-0.39, 0.29) is 41.0 Å². The molecule has 2 aliphatic rings. The van der Waals surface area contributed by atoms with E-state index in [4.69, 9.17) is 0 Å². The van der Waals surface area contributed by atoms with Gasteiger partial charge in [-0.05, 0) is 60.5 Å². The van der Waals surface area contributed by atoms with Crippen molar-refractivity contribution in [3.8, 4) is 0 Å². The minimum atomic E-state index is -3.31. The molecule has 8 heteroatoms. The van der Waals surface area contributed by atoms with Gasteiger partial charge in [0.1, 0.15) is 0 Å². The zero-order valence-electron chi connectivity index (χ0n) is 18.3. The first-order valence-corrected chi connectivity index (χ1v) is 12.7. The van der Waals surface area contributed by atoms with Crippen LogP contribution in [0.4, 0.5) is 0 Å². The van der Waals surface area contributed by atoms with Crippen molar-refractivity contribution in [3.63, 3.8) is 0 Å². The Bertz CT molecular complexity index is 847. The van der Waals surface area contributed by atoms with Crippen molar-refractivity contribution in [2.75, 3.05) is 6.26 Å². The van der Waals surface area contributed by atoms with Crippen molar-refractivity contribution < 1.29 is 18.3 Å². The van der Waals surface area contributed by atoms with E-state index in [0.717, 1.165) is 31.2 Å². The lowest BCUT2D eigenvalue weighted by atomic mass is 9.52. The minimum absolute atomic E-state index is 0.00179. The van der Waals surface area contributed by atoms with Crippen LogP contribution < -0.4 is 10.0 Å². The number of aromatic nitrogens is 1. The molecule has 3 N–H and O–H groups in total. The molecule has 3 rings (SSSR count). The van der Waals surface area contributed by atoms with Gasteiger partial charge >= 0.3 is 0 Å². The van der Waals surface area contributed by atoms with E-state index < -0.39 is 16.1 Å². The molecule has 2 fully saturated rings. The smallest absolute Gasteiger partial charge is 0.223 e. The van der Waals surface area contributed by atoms with Gasteiger partial charge in [0.25, 0.3) is 0 Å². The quantitative estimate of drug-likeness (QED) is 0.631. The Balaban J connectivity index is 1.69. The highest BCUT2D eigenvalue weighted by Gasteiger charge is 2.53. The van der Waals surface area contributed by atoms with Crippen LogP contribution in [0.25, 0.3) is 0 Å². The number of hydrogen-bond acceptors (Lipinski definition) is 5.